The minimum Gasteiger partial charge on any atom is -0.273 e. The Balaban J connectivity index is 1.57. The molecule has 2 amide bonds. The van der Waals surface area contributed by atoms with Crippen molar-refractivity contribution in [2.45, 2.75) is 25.5 Å². The Hall–Kier alpha value is -2.96. The molecule has 2 aliphatic heterocycles. The first-order valence-corrected chi connectivity index (χ1v) is 11.1. The van der Waals surface area contributed by atoms with Gasteiger partial charge in [0.25, 0.3) is 5.91 Å². The Morgan fingerprint density at radius 1 is 0.839 bits per heavy atom. The van der Waals surface area contributed by atoms with Crippen LogP contribution in [0.2, 0.25) is 0 Å². The van der Waals surface area contributed by atoms with Gasteiger partial charge in [-0.1, -0.05) is 65.3 Å². The first kappa shape index (κ1) is 20.0. The van der Waals surface area contributed by atoms with Crippen molar-refractivity contribution in [3.63, 3.8) is 0 Å². The maximum atomic E-state index is 13.6. The van der Waals surface area contributed by atoms with Crippen LogP contribution in [0.25, 0.3) is 0 Å². The lowest BCUT2D eigenvalue weighted by atomic mass is 9.90. The highest BCUT2D eigenvalue weighted by atomic mass is 79.9. The summed E-state index contributed by atoms with van der Waals surface area (Å²) in [4.78, 5) is 34.3. The highest BCUT2D eigenvalue weighted by Crippen LogP contribution is 2.47. The average molecular weight is 477 g/mol. The summed E-state index contributed by atoms with van der Waals surface area (Å²) in [6, 6.07) is 24.6. The summed E-state index contributed by atoms with van der Waals surface area (Å²) in [7, 11) is 0. The summed E-state index contributed by atoms with van der Waals surface area (Å²) in [5.41, 5.74) is 3.54. The number of carbonyl (C=O) groups excluding carboxylic acids is 2. The first-order chi connectivity index (χ1) is 15.1. The number of hydroxylamine groups is 1. The molecule has 3 aromatic carbocycles. The van der Waals surface area contributed by atoms with Gasteiger partial charge in [-0.2, -0.15) is 0 Å². The number of amides is 2. The van der Waals surface area contributed by atoms with Crippen LogP contribution in [0.3, 0.4) is 0 Å². The third kappa shape index (κ3) is 3.36. The van der Waals surface area contributed by atoms with Crippen molar-refractivity contribution in [2.75, 3.05) is 9.96 Å². The van der Waals surface area contributed by atoms with E-state index in [9.17, 15) is 9.59 Å². The first-order valence-electron chi connectivity index (χ1n) is 10.3. The maximum Gasteiger partial charge on any atom is 0.266 e. The van der Waals surface area contributed by atoms with E-state index in [-0.39, 0.29) is 11.8 Å². The minimum absolute atomic E-state index is 0.236. The number of imide groups is 1. The molecule has 2 aliphatic rings. The van der Waals surface area contributed by atoms with Crippen LogP contribution >= 0.6 is 15.9 Å². The van der Waals surface area contributed by atoms with Crippen LogP contribution in [0.4, 0.5) is 11.4 Å². The second-order valence-corrected chi connectivity index (χ2v) is 8.66. The summed E-state index contributed by atoms with van der Waals surface area (Å²) >= 11 is 3.40. The number of aryl methyl sites for hydroxylation is 1. The van der Waals surface area contributed by atoms with Crippen LogP contribution in [0.15, 0.2) is 83.3 Å². The van der Waals surface area contributed by atoms with E-state index < -0.39 is 18.1 Å². The average Bonchev–Trinajstić information content (AvgIpc) is 3.31. The number of carbonyl (C=O) groups is 2. The molecular weight excluding hydrogens is 456 g/mol. The van der Waals surface area contributed by atoms with Crippen LogP contribution in [-0.2, 0) is 20.8 Å². The van der Waals surface area contributed by atoms with Crippen molar-refractivity contribution in [1.82, 2.24) is 0 Å². The Morgan fingerprint density at radius 3 is 2.16 bits per heavy atom. The van der Waals surface area contributed by atoms with Crippen LogP contribution in [0.1, 0.15) is 24.1 Å². The fourth-order valence-corrected chi connectivity index (χ4v) is 4.61. The summed E-state index contributed by atoms with van der Waals surface area (Å²) < 4.78 is 0.885. The normalized spacial score (nSPS) is 22.8. The van der Waals surface area contributed by atoms with Crippen molar-refractivity contribution in [2.24, 2.45) is 5.92 Å². The van der Waals surface area contributed by atoms with Gasteiger partial charge < -0.3 is 0 Å². The number of para-hydroxylation sites is 1. The molecule has 31 heavy (non-hydrogen) atoms. The number of fused-ring (bicyclic) bond motifs is 1. The van der Waals surface area contributed by atoms with E-state index in [0.717, 1.165) is 22.1 Å². The molecule has 0 saturated carbocycles. The smallest absolute Gasteiger partial charge is 0.266 e. The van der Waals surface area contributed by atoms with Crippen molar-refractivity contribution in [3.8, 4) is 0 Å². The van der Waals surface area contributed by atoms with Gasteiger partial charge in [-0.05, 0) is 53.9 Å². The number of rotatable bonds is 4. The molecule has 0 unspecified atom stereocenters. The minimum atomic E-state index is -0.854. The molecule has 5 rings (SSSR count). The highest BCUT2D eigenvalue weighted by Gasteiger charge is 2.60. The molecule has 3 atom stereocenters. The third-order valence-corrected chi connectivity index (χ3v) is 6.47. The summed E-state index contributed by atoms with van der Waals surface area (Å²) in [5.74, 6) is -1.19. The van der Waals surface area contributed by atoms with Crippen LogP contribution in [-0.4, -0.2) is 17.9 Å². The van der Waals surface area contributed by atoms with Gasteiger partial charge in [0.2, 0.25) is 5.91 Å². The number of benzene rings is 3. The third-order valence-electron chi connectivity index (χ3n) is 5.94. The molecule has 0 bridgehead atoms. The van der Waals surface area contributed by atoms with Crippen molar-refractivity contribution in [3.05, 3.63) is 94.5 Å². The molecule has 0 N–H and O–H groups in total. The number of halogens is 1. The fourth-order valence-electron chi connectivity index (χ4n) is 4.35. The molecule has 2 heterocycles. The topological polar surface area (TPSA) is 49.9 Å². The van der Waals surface area contributed by atoms with E-state index in [0.29, 0.717) is 5.69 Å². The zero-order chi connectivity index (χ0) is 21.5. The van der Waals surface area contributed by atoms with Crippen LogP contribution in [0, 0.1) is 5.92 Å². The lowest BCUT2D eigenvalue weighted by molar-refractivity contribution is -0.126. The number of hydrogen-bond acceptors (Lipinski definition) is 4. The van der Waals surface area contributed by atoms with Gasteiger partial charge in [-0.15, -0.1) is 0 Å². The molecule has 156 valence electrons. The second kappa shape index (κ2) is 7.94. The second-order valence-electron chi connectivity index (χ2n) is 7.74. The largest absolute Gasteiger partial charge is 0.273 e. The summed E-state index contributed by atoms with van der Waals surface area (Å²) in [6.45, 7) is 2.11. The van der Waals surface area contributed by atoms with E-state index in [2.05, 4.69) is 35.0 Å². The molecule has 0 spiro atoms. The Bertz CT molecular complexity index is 1120. The number of nitrogens with zero attached hydrogens (tertiary/aromatic N) is 2. The molecule has 5 nitrogen and oxygen atoms in total. The molecule has 0 aromatic heterocycles. The van der Waals surface area contributed by atoms with Crippen LogP contribution < -0.4 is 9.96 Å². The van der Waals surface area contributed by atoms with Crippen molar-refractivity contribution >= 4 is 39.1 Å². The molecule has 2 fully saturated rings. The van der Waals surface area contributed by atoms with Gasteiger partial charge in [0.05, 0.1) is 17.4 Å². The SMILES string of the molecule is CCc1ccc([C@H]2[C@@H]3C(=O)N(c4ccc(Br)cc4)C(=O)[C@H]3ON2c2ccccc2)cc1. The number of anilines is 2. The lowest BCUT2D eigenvalue weighted by Crippen LogP contribution is -2.37. The van der Waals surface area contributed by atoms with E-state index in [1.54, 1.807) is 17.2 Å². The molecule has 6 heteroatoms. The van der Waals surface area contributed by atoms with Crippen molar-refractivity contribution < 1.29 is 14.4 Å². The zero-order valence-corrected chi connectivity index (χ0v) is 18.5. The quantitative estimate of drug-likeness (QED) is 0.493. The van der Waals surface area contributed by atoms with Crippen LogP contribution in [0.5, 0.6) is 0 Å². The maximum absolute atomic E-state index is 13.6. The standard InChI is InChI=1S/C25H21BrN2O3/c1-2-16-8-10-17(11-9-16)22-21-23(31-28(22)20-6-4-3-5-7-20)25(30)27(24(21)29)19-14-12-18(26)13-15-19/h3-15,21-23H,2H2,1H3/t21-,22-,23-/m0/s1. The van der Waals surface area contributed by atoms with E-state index in [1.807, 2.05) is 54.6 Å². The van der Waals surface area contributed by atoms with Crippen molar-refractivity contribution in [1.29, 1.82) is 0 Å². The Kier molecular flexibility index (Phi) is 5.12. The molecule has 0 aliphatic carbocycles. The summed E-state index contributed by atoms with van der Waals surface area (Å²) in [5, 5.41) is 1.73. The van der Waals surface area contributed by atoms with Gasteiger partial charge in [-0.3, -0.25) is 14.4 Å². The molecule has 0 radical (unpaired) electrons. The van der Waals surface area contributed by atoms with Gasteiger partial charge in [-0.25, -0.2) is 9.96 Å². The van der Waals surface area contributed by atoms with Gasteiger partial charge in [0.1, 0.15) is 5.92 Å². The molecule has 2 saturated heterocycles. The van der Waals surface area contributed by atoms with Gasteiger partial charge in [0.15, 0.2) is 6.10 Å². The Morgan fingerprint density at radius 2 is 1.52 bits per heavy atom. The molecular formula is C25H21BrN2O3. The van der Waals surface area contributed by atoms with E-state index in [4.69, 9.17) is 4.84 Å². The van der Waals surface area contributed by atoms with Gasteiger partial charge >= 0.3 is 0 Å². The fraction of sp³-hybridized carbons (Fsp3) is 0.200. The molecule has 3 aromatic rings. The van der Waals surface area contributed by atoms with E-state index in [1.165, 1.54) is 10.5 Å². The predicted molar refractivity (Wildman–Crippen MR) is 122 cm³/mol. The monoisotopic (exact) mass is 476 g/mol. The number of hydrogen-bond donors (Lipinski definition) is 0. The lowest BCUT2D eigenvalue weighted by Gasteiger charge is -2.28. The summed E-state index contributed by atoms with van der Waals surface area (Å²) in [6.07, 6.45) is 0.0807. The van der Waals surface area contributed by atoms with E-state index >= 15 is 0 Å². The Labute approximate surface area is 189 Å². The zero-order valence-electron chi connectivity index (χ0n) is 16.9. The van der Waals surface area contributed by atoms with Gasteiger partial charge in [0, 0.05) is 4.47 Å². The predicted octanol–water partition coefficient (Wildman–Crippen LogP) is 5.06. The highest BCUT2D eigenvalue weighted by molar-refractivity contribution is 9.10.